The fourth-order valence-electron chi connectivity index (χ4n) is 4.54. The number of amides is 1. The summed E-state index contributed by atoms with van der Waals surface area (Å²) in [4.78, 5) is 45.0. The van der Waals surface area contributed by atoms with Crippen molar-refractivity contribution in [3.63, 3.8) is 0 Å². The highest BCUT2D eigenvalue weighted by Gasteiger charge is 2.24. The van der Waals surface area contributed by atoms with Gasteiger partial charge in [-0.1, -0.05) is 12.1 Å². The van der Waals surface area contributed by atoms with Gasteiger partial charge in [0.15, 0.2) is 6.61 Å². The molecule has 0 bridgehead atoms. The Morgan fingerprint density at radius 2 is 1.89 bits per heavy atom. The lowest BCUT2D eigenvalue weighted by Crippen LogP contribution is -2.44. The number of fused-ring (bicyclic) bond motifs is 1. The molecule has 1 aliphatic heterocycles. The van der Waals surface area contributed by atoms with E-state index in [1.54, 1.807) is 54.5 Å². The molecule has 1 atom stereocenters. The maximum Gasteiger partial charge on any atom is 0.306 e. The Balaban J connectivity index is 1.57. The van der Waals surface area contributed by atoms with E-state index in [0.717, 1.165) is 19.3 Å². The van der Waals surface area contributed by atoms with Gasteiger partial charge < -0.3 is 19.1 Å². The zero-order chi connectivity index (χ0) is 25.7. The minimum Gasteiger partial charge on any atom is -0.497 e. The van der Waals surface area contributed by atoms with E-state index in [-0.39, 0.29) is 37.0 Å². The summed E-state index contributed by atoms with van der Waals surface area (Å²) in [7, 11) is 3.06. The first-order chi connectivity index (χ1) is 17.4. The number of carbonyl (C=O) groups excluding carboxylic acids is 2. The summed E-state index contributed by atoms with van der Waals surface area (Å²) in [6.45, 7) is 2.42. The van der Waals surface area contributed by atoms with Gasteiger partial charge in [0.05, 0.1) is 37.2 Å². The molecular weight excluding hydrogens is 462 g/mol. The lowest BCUT2D eigenvalue weighted by Gasteiger charge is -2.33. The Labute approximate surface area is 209 Å². The molecule has 1 aliphatic rings. The summed E-state index contributed by atoms with van der Waals surface area (Å²) < 4.78 is 17.5. The summed E-state index contributed by atoms with van der Waals surface area (Å²) >= 11 is 0. The molecule has 9 nitrogen and oxygen atoms in total. The van der Waals surface area contributed by atoms with Gasteiger partial charge in [0.1, 0.15) is 17.3 Å². The average Bonchev–Trinajstić information content (AvgIpc) is 2.90. The number of esters is 1. The number of hydrogen-bond donors (Lipinski definition) is 0. The first-order valence-corrected chi connectivity index (χ1v) is 12.1. The van der Waals surface area contributed by atoms with Gasteiger partial charge in [0.25, 0.3) is 11.5 Å². The van der Waals surface area contributed by atoms with Gasteiger partial charge in [-0.15, -0.1) is 0 Å². The highest BCUT2D eigenvalue weighted by Crippen LogP contribution is 2.28. The molecule has 1 unspecified atom stereocenters. The van der Waals surface area contributed by atoms with Crippen molar-refractivity contribution in [1.82, 2.24) is 14.5 Å². The van der Waals surface area contributed by atoms with Crippen molar-refractivity contribution >= 4 is 22.8 Å². The molecule has 3 aromatic rings. The van der Waals surface area contributed by atoms with Gasteiger partial charge in [0.2, 0.25) is 0 Å². The van der Waals surface area contributed by atoms with E-state index in [2.05, 4.69) is 4.98 Å². The molecule has 1 saturated heterocycles. The number of benzene rings is 2. The quantitative estimate of drug-likeness (QED) is 0.444. The van der Waals surface area contributed by atoms with Crippen molar-refractivity contribution in [2.75, 3.05) is 27.4 Å². The predicted molar refractivity (Wildman–Crippen MR) is 135 cm³/mol. The Bertz CT molecular complexity index is 1320. The molecule has 0 N–H and O–H groups in total. The van der Waals surface area contributed by atoms with Gasteiger partial charge in [0, 0.05) is 25.1 Å². The van der Waals surface area contributed by atoms with Crippen LogP contribution in [0.25, 0.3) is 16.6 Å². The number of methoxy groups -OCH3 is 2. The molecule has 2 aromatic carbocycles. The highest BCUT2D eigenvalue weighted by molar-refractivity contribution is 5.81. The zero-order valence-electron chi connectivity index (χ0n) is 20.9. The third-order valence-corrected chi connectivity index (χ3v) is 6.51. The fourth-order valence-corrected chi connectivity index (χ4v) is 4.54. The van der Waals surface area contributed by atoms with Crippen LogP contribution in [-0.2, 0) is 20.7 Å². The first-order valence-electron chi connectivity index (χ1n) is 12.1. The Morgan fingerprint density at radius 3 is 2.64 bits per heavy atom. The van der Waals surface area contributed by atoms with E-state index in [9.17, 15) is 14.4 Å². The second-order valence-electron chi connectivity index (χ2n) is 8.82. The number of piperidine rings is 1. The Kier molecular flexibility index (Phi) is 7.87. The molecule has 0 saturated carbocycles. The molecule has 0 spiro atoms. The molecular formula is C27H31N3O6. The number of rotatable bonds is 8. The molecule has 0 aliphatic carbocycles. The molecule has 1 aromatic heterocycles. The number of likely N-dealkylation sites (tertiary alicyclic amines) is 1. The average molecular weight is 494 g/mol. The van der Waals surface area contributed by atoms with E-state index >= 15 is 0 Å². The van der Waals surface area contributed by atoms with Crippen LogP contribution in [0.4, 0.5) is 0 Å². The second kappa shape index (κ2) is 11.2. The van der Waals surface area contributed by atoms with Crippen molar-refractivity contribution < 1.29 is 23.8 Å². The third-order valence-electron chi connectivity index (χ3n) is 6.51. The molecule has 0 radical (unpaired) electrons. The summed E-state index contributed by atoms with van der Waals surface area (Å²) in [5.74, 6) is 0.687. The van der Waals surface area contributed by atoms with E-state index in [1.807, 2.05) is 6.92 Å². The number of ether oxygens (including phenoxy) is 3. The number of nitrogens with zero attached hydrogens (tertiary/aromatic N) is 3. The number of aryl methyl sites for hydroxylation is 1. The molecule has 36 heavy (non-hydrogen) atoms. The van der Waals surface area contributed by atoms with Crippen molar-refractivity contribution in [3.8, 4) is 17.2 Å². The standard InChI is InChI=1S/C27H31N3O6/c1-18-8-6-7-15-29(18)25(31)17-36-26(32)14-13-24-28-21-10-5-4-9-20(21)27(33)30(24)22-12-11-19(34-2)16-23(22)35-3/h4-5,9-12,16,18H,6-8,13-15,17H2,1-3H3. The van der Waals surface area contributed by atoms with Gasteiger partial charge in [-0.2, -0.15) is 0 Å². The summed E-state index contributed by atoms with van der Waals surface area (Å²) in [6, 6.07) is 12.3. The number of carbonyl (C=O) groups is 2. The zero-order valence-corrected chi connectivity index (χ0v) is 20.9. The predicted octanol–water partition coefficient (Wildman–Crippen LogP) is 3.28. The van der Waals surface area contributed by atoms with Crippen molar-refractivity contribution in [3.05, 3.63) is 58.6 Å². The van der Waals surface area contributed by atoms with Crippen molar-refractivity contribution in [2.45, 2.75) is 45.1 Å². The minimum absolute atomic E-state index is 0.0356. The Hall–Kier alpha value is -3.88. The van der Waals surface area contributed by atoms with Crippen LogP contribution in [0.1, 0.15) is 38.4 Å². The maximum absolute atomic E-state index is 13.5. The molecule has 190 valence electrons. The van der Waals surface area contributed by atoms with Crippen LogP contribution in [0.15, 0.2) is 47.3 Å². The highest BCUT2D eigenvalue weighted by atomic mass is 16.5. The second-order valence-corrected chi connectivity index (χ2v) is 8.82. The van der Waals surface area contributed by atoms with E-state index in [4.69, 9.17) is 14.2 Å². The normalized spacial score (nSPS) is 15.5. The maximum atomic E-state index is 13.5. The summed E-state index contributed by atoms with van der Waals surface area (Å²) in [6.07, 6.45) is 3.13. The molecule has 2 heterocycles. The lowest BCUT2D eigenvalue weighted by molar-refractivity contribution is -0.153. The van der Waals surface area contributed by atoms with Crippen LogP contribution in [0.3, 0.4) is 0 Å². The van der Waals surface area contributed by atoms with Gasteiger partial charge in [-0.25, -0.2) is 4.98 Å². The van der Waals surface area contributed by atoms with Gasteiger partial charge in [-0.3, -0.25) is 19.0 Å². The van der Waals surface area contributed by atoms with Crippen LogP contribution >= 0.6 is 0 Å². The van der Waals surface area contributed by atoms with Crippen LogP contribution in [0.5, 0.6) is 11.5 Å². The Morgan fingerprint density at radius 1 is 1.08 bits per heavy atom. The van der Waals surface area contributed by atoms with Crippen LogP contribution in [-0.4, -0.2) is 59.7 Å². The first kappa shape index (κ1) is 25.2. The summed E-state index contributed by atoms with van der Waals surface area (Å²) in [5.41, 5.74) is 0.741. The lowest BCUT2D eigenvalue weighted by atomic mass is 10.0. The van der Waals surface area contributed by atoms with Gasteiger partial charge >= 0.3 is 5.97 Å². The van der Waals surface area contributed by atoms with E-state index in [1.165, 1.54) is 11.7 Å². The van der Waals surface area contributed by atoms with Crippen LogP contribution in [0, 0.1) is 0 Å². The minimum atomic E-state index is -0.524. The topological polar surface area (TPSA) is 100.0 Å². The van der Waals surface area contributed by atoms with Crippen molar-refractivity contribution in [1.29, 1.82) is 0 Å². The smallest absolute Gasteiger partial charge is 0.306 e. The van der Waals surface area contributed by atoms with Crippen LogP contribution < -0.4 is 15.0 Å². The van der Waals surface area contributed by atoms with Gasteiger partial charge in [-0.05, 0) is 50.5 Å². The largest absolute Gasteiger partial charge is 0.497 e. The molecule has 9 heteroatoms. The third kappa shape index (κ3) is 5.35. The molecule has 4 rings (SSSR count). The number of para-hydroxylation sites is 1. The van der Waals surface area contributed by atoms with Crippen molar-refractivity contribution in [2.24, 2.45) is 0 Å². The number of aromatic nitrogens is 2. The van der Waals surface area contributed by atoms with E-state index < -0.39 is 5.97 Å². The van der Waals surface area contributed by atoms with Crippen LogP contribution in [0.2, 0.25) is 0 Å². The fraction of sp³-hybridized carbons (Fsp3) is 0.407. The monoisotopic (exact) mass is 493 g/mol. The molecule has 1 fully saturated rings. The molecule has 1 amide bonds. The number of hydrogen-bond acceptors (Lipinski definition) is 7. The summed E-state index contributed by atoms with van der Waals surface area (Å²) in [5, 5.41) is 0.447. The SMILES string of the molecule is COc1ccc(-n2c(CCC(=O)OCC(=O)N3CCCCC3C)nc3ccccc3c2=O)c(OC)c1. The van der Waals surface area contributed by atoms with E-state index in [0.29, 0.717) is 40.5 Å².